The van der Waals surface area contributed by atoms with E-state index in [2.05, 4.69) is 164 Å². The van der Waals surface area contributed by atoms with Crippen LogP contribution in [0.25, 0.3) is 110 Å². The highest BCUT2D eigenvalue weighted by Crippen LogP contribution is 2.44. The van der Waals surface area contributed by atoms with E-state index in [1.165, 1.54) is 20.2 Å². The summed E-state index contributed by atoms with van der Waals surface area (Å²) in [6.45, 7) is 0. The zero-order valence-electron chi connectivity index (χ0n) is 30.1. The molecule has 0 saturated carbocycles. The van der Waals surface area contributed by atoms with Crippen LogP contribution in [0, 0.1) is 0 Å². The predicted molar refractivity (Wildman–Crippen MR) is 233 cm³/mol. The molecule has 5 heteroatoms. The van der Waals surface area contributed by atoms with E-state index >= 15 is 0 Å². The van der Waals surface area contributed by atoms with Gasteiger partial charge in [-0.2, -0.15) is 0 Å². The molecule has 0 aliphatic rings. The van der Waals surface area contributed by atoms with Crippen LogP contribution in [0.4, 0.5) is 0 Å². The maximum Gasteiger partial charge on any atom is 0.167 e. The van der Waals surface area contributed by atoms with Crippen molar-refractivity contribution in [3.05, 3.63) is 188 Å². The molecular formula is C51H31N3OS. The van der Waals surface area contributed by atoms with Crippen LogP contribution < -0.4 is 0 Å². The van der Waals surface area contributed by atoms with Gasteiger partial charge in [-0.1, -0.05) is 146 Å². The molecule has 0 atom stereocenters. The summed E-state index contributed by atoms with van der Waals surface area (Å²) in [5.41, 5.74) is 10.9. The van der Waals surface area contributed by atoms with E-state index in [0.717, 1.165) is 72.0 Å². The van der Waals surface area contributed by atoms with E-state index in [0.29, 0.717) is 17.5 Å². The van der Waals surface area contributed by atoms with Crippen molar-refractivity contribution < 1.29 is 4.42 Å². The molecule has 0 unspecified atom stereocenters. The van der Waals surface area contributed by atoms with Gasteiger partial charge in [0.15, 0.2) is 17.5 Å². The van der Waals surface area contributed by atoms with Gasteiger partial charge in [-0.15, -0.1) is 11.3 Å². The number of aromatic nitrogens is 3. The van der Waals surface area contributed by atoms with Gasteiger partial charge in [-0.3, -0.25) is 0 Å². The number of hydrogen-bond donors (Lipinski definition) is 0. The van der Waals surface area contributed by atoms with Gasteiger partial charge in [-0.05, 0) is 75.8 Å². The Morgan fingerprint density at radius 3 is 1.57 bits per heavy atom. The first-order valence-corrected chi connectivity index (χ1v) is 19.5. The molecule has 3 aromatic heterocycles. The monoisotopic (exact) mass is 733 g/mol. The number of thiophene rings is 1. The van der Waals surface area contributed by atoms with Crippen LogP contribution in [0.3, 0.4) is 0 Å². The molecule has 11 aromatic rings. The fourth-order valence-electron chi connectivity index (χ4n) is 7.83. The number of rotatable bonds is 6. The summed E-state index contributed by atoms with van der Waals surface area (Å²) in [5.74, 6) is 1.74. The Morgan fingerprint density at radius 1 is 0.339 bits per heavy atom. The van der Waals surface area contributed by atoms with Gasteiger partial charge >= 0.3 is 0 Å². The average Bonchev–Trinajstić information content (AvgIpc) is 3.85. The lowest BCUT2D eigenvalue weighted by molar-refractivity contribution is 0.669. The second-order valence-electron chi connectivity index (χ2n) is 14.0. The Morgan fingerprint density at radius 2 is 0.875 bits per heavy atom. The van der Waals surface area contributed by atoms with Gasteiger partial charge < -0.3 is 4.42 Å². The van der Waals surface area contributed by atoms with Crippen molar-refractivity contribution in [2.75, 3.05) is 0 Å². The third-order valence-corrected chi connectivity index (χ3v) is 11.7. The molecule has 11 rings (SSSR count). The van der Waals surface area contributed by atoms with Gasteiger partial charge in [-0.25, -0.2) is 15.0 Å². The summed E-state index contributed by atoms with van der Waals surface area (Å²) in [6.07, 6.45) is 0. The highest BCUT2D eigenvalue weighted by Gasteiger charge is 2.21. The van der Waals surface area contributed by atoms with Gasteiger partial charge in [0.05, 0.1) is 5.56 Å². The van der Waals surface area contributed by atoms with Gasteiger partial charge in [0.2, 0.25) is 0 Å². The molecule has 0 saturated heterocycles. The largest absolute Gasteiger partial charge is 0.455 e. The Hall–Kier alpha value is -7.21. The van der Waals surface area contributed by atoms with Crippen molar-refractivity contribution in [1.29, 1.82) is 0 Å². The lowest BCUT2D eigenvalue weighted by Crippen LogP contribution is -2.01. The molecular weight excluding hydrogens is 703 g/mol. The van der Waals surface area contributed by atoms with E-state index in [4.69, 9.17) is 19.4 Å². The van der Waals surface area contributed by atoms with Crippen LogP contribution in [0.15, 0.2) is 192 Å². The predicted octanol–water partition coefficient (Wildman–Crippen LogP) is 14.1. The standard InChI is InChI=1S/C51H31N3OS/c1-3-13-32(14-4-1)34-17-11-19-37(29-34)49-52-50(38-20-12-18-35(30-38)33-15-5-2-6-16-33)54-51(53-49)42-27-26-39(47-41-22-7-9-23-44(41)55-48(42)47)36-25-28-46-43(31-36)40-21-8-10-24-45(40)56-46/h1-31H. The number of nitrogens with zero attached hydrogens (tertiary/aromatic N) is 3. The molecule has 8 aromatic carbocycles. The van der Waals surface area contributed by atoms with Crippen molar-refractivity contribution in [3.8, 4) is 67.5 Å². The molecule has 0 aliphatic heterocycles. The molecule has 262 valence electrons. The van der Waals surface area contributed by atoms with Crippen LogP contribution >= 0.6 is 11.3 Å². The normalized spacial score (nSPS) is 11.6. The molecule has 56 heavy (non-hydrogen) atoms. The number of hydrogen-bond acceptors (Lipinski definition) is 5. The second-order valence-corrected chi connectivity index (χ2v) is 15.1. The zero-order chi connectivity index (χ0) is 37.0. The molecule has 0 amide bonds. The second kappa shape index (κ2) is 13.3. The first-order chi connectivity index (χ1) is 27.7. The van der Waals surface area contributed by atoms with Crippen LogP contribution in [0.1, 0.15) is 0 Å². The van der Waals surface area contributed by atoms with Gasteiger partial charge in [0.1, 0.15) is 11.2 Å². The molecule has 4 nitrogen and oxygen atoms in total. The minimum Gasteiger partial charge on any atom is -0.455 e. The lowest BCUT2D eigenvalue weighted by Gasteiger charge is -2.12. The molecule has 3 heterocycles. The van der Waals surface area contributed by atoms with Crippen molar-refractivity contribution in [2.45, 2.75) is 0 Å². The van der Waals surface area contributed by atoms with Crippen molar-refractivity contribution in [1.82, 2.24) is 15.0 Å². The molecule has 0 aliphatic carbocycles. The number of furan rings is 1. The quantitative estimate of drug-likeness (QED) is 0.171. The molecule has 0 N–H and O–H groups in total. The van der Waals surface area contributed by atoms with Crippen molar-refractivity contribution >= 4 is 53.4 Å². The van der Waals surface area contributed by atoms with Crippen molar-refractivity contribution in [3.63, 3.8) is 0 Å². The summed E-state index contributed by atoms with van der Waals surface area (Å²) in [4.78, 5) is 15.6. The maximum atomic E-state index is 6.79. The highest BCUT2D eigenvalue weighted by atomic mass is 32.1. The molecule has 0 bridgehead atoms. The van der Waals surface area contributed by atoms with Crippen molar-refractivity contribution in [2.24, 2.45) is 0 Å². The first-order valence-electron chi connectivity index (χ1n) is 18.7. The third-order valence-electron chi connectivity index (χ3n) is 10.5. The fourth-order valence-corrected chi connectivity index (χ4v) is 8.92. The van der Waals surface area contributed by atoms with Crippen LogP contribution in [-0.4, -0.2) is 15.0 Å². The maximum absolute atomic E-state index is 6.79. The Kier molecular flexibility index (Phi) is 7.64. The van der Waals surface area contributed by atoms with Crippen LogP contribution in [0.5, 0.6) is 0 Å². The summed E-state index contributed by atoms with van der Waals surface area (Å²) in [5, 5.41) is 4.63. The zero-order valence-corrected chi connectivity index (χ0v) is 30.9. The van der Waals surface area contributed by atoms with E-state index in [1.54, 1.807) is 0 Å². The van der Waals surface area contributed by atoms with Crippen LogP contribution in [-0.2, 0) is 0 Å². The number of para-hydroxylation sites is 1. The number of fused-ring (bicyclic) bond motifs is 6. The Bertz CT molecular complexity index is 3160. The third kappa shape index (κ3) is 5.56. The SMILES string of the molecule is c1ccc(-c2cccc(-c3nc(-c4cccc(-c5ccccc5)c4)nc(-c4ccc(-c5ccc6sc7ccccc7c6c5)c5c4oc4ccccc45)n3)c2)cc1. The Balaban J connectivity index is 1.13. The minimum absolute atomic E-state index is 0.551. The smallest absolute Gasteiger partial charge is 0.167 e. The van der Waals surface area contributed by atoms with E-state index in [1.807, 2.05) is 35.6 Å². The number of benzene rings is 8. The average molecular weight is 734 g/mol. The molecule has 0 radical (unpaired) electrons. The minimum atomic E-state index is 0.551. The molecule has 0 spiro atoms. The molecule has 0 fully saturated rings. The summed E-state index contributed by atoms with van der Waals surface area (Å²) in [7, 11) is 0. The van der Waals surface area contributed by atoms with Crippen LogP contribution in [0.2, 0.25) is 0 Å². The van der Waals surface area contributed by atoms with E-state index in [-0.39, 0.29) is 0 Å². The first kappa shape index (κ1) is 32.2. The fraction of sp³-hybridized carbons (Fsp3) is 0. The van der Waals surface area contributed by atoms with E-state index in [9.17, 15) is 0 Å². The summed E-state index contributed by atoms with van der Waals surface area (Å²) >= 11 is 1.83. The lowest BCUT2D eigenvalue weighted by atomic mass is 9.95. The van der Waals surface area contributed by atoms with Gasteiger partial charge in [0, 0.05) is 42.1 Å². The summed E-state index contributed by atoms with van der Waals surface area (Å²) < 4.78 is 9.36. The summed E-state index contributed by atoms with van der Waals surface area (Å²) in [6, 6.07) is 65.6. The van der Waals surface area contributed by atoms with E-state index < -0.39 is 0 Å². The Labute approximate surface area is 327 Å². The topological polar surface area (TPSA) is 51.8 Å². The van der Waals surface area contributed by atoms with Gasteiger partial charge in [0.25, 0.3) is 0 Å². The highest BCUT2D eigenvalue weighted by molar-refractivity contribution is 7.25.